The summed E-state index contributed by atoms with van der Waals surface area (Å²) in [5.41, 5.74) is 1.14. The fourth-order valence-electron chi connectivity index (χ4n) is 1.81. The molecule has 1 aromatic rings. The molecule has 17 heavy (non-hydrogen) atoms. The van der Waals surface area contributed by atoms with Gasteiger partial charge in [-0.15, -0.1) is 11.3 Å². The van der Waals surface area contributed by atoms with Crippen LogP contribution >= 0.6 is 11.3 Å². The highest BCUT2D eigenvalue weighted by molar-refractivity contribution is 7.13. The second-order valence-electron chi connectivity index (χ2n) is 5.15. The van der Waals surface area contributed by atoms with Crippen LogP contribution in [0.3, 0.4) is 0 Å². The summed E-state index contributed by atoms with van der Waals surface area (Å²) in [5.74, 6) is 0.725. The predicted molar refractivity (Wildman–Crippen MR) is 76.9 cm³/mol. The van der Waals surface area contributed by atoms with Crippen LogP contribution in [0, 0.1) is 5.92 Å². The summed E-state index contributed by atoms with van der Waals surface area (Å²) in [4.78, 5) is 6.98. The van der Waals surface area contributed by atoms with E-state index in [1.54, 1.807) is 11.3 Å². The van der Waals surface area contributed by atoms with Gasteiger partial charge in [-0.05, 0) is 33.2 Å². The molecular weight excluding hydrogens is 230 g/mol. The summed E-state index contributed by atoms with van der Waals surface area (Å²) >= 11 is 1.73. The first-order valence-corrected chi connectivity index (χ1v) is 7.19. The van der Waals surface area contributed by atoms with E-state index in [0.29, 0.717) is 12.1 Å². The lowest BCUT2D eigenvalue weighted by Crippen LogP contribution is -2.30. The molecule has 0 fully saturated rings. The normalized spacial score (nSPS) is 15.0. The number of anilines is 1. The van der Waals surface area contributed by atoms with Gasteiger partial charge in [0, 0.05) is 24.5 Å². The smallest absolute Gasteiger partial charge is 0.185 e. The minimum atomic E-state index is 0.328. The third-order valence-corrected chi connectivity index (χ3v) is 4.11. The van der Waals surface area contributed by atoms with Crippen molar-refractivity contribution in [1.82, 2.24) is 10.3 Å². The van der Waals surface area contributed by atoms with E-state index in [-0.39, 0.29) is 0 Å². The van der Waals surface area contributed by atoms with Gasteiger partial charge in [0.1, 0.15) is 0 Å². The summed E-state index contributed by atoms with van der Waals surface area (Å²) in [5, 5.41) is 6.49. The Morgan fingerprint density at radius 2 is 2.00 bits per heavy atom. The number of nitrogens with one attached hydrogen (secondary N) is 1. The third kappa shape index (κ3) is 3.96. The fraction of sp³-hybridized carbons (Fsp3) is 0.769. The van der Waals surface area contributed by atoms with Gasteiger partial charge < -0.3 is 10.2 Å². The van der Waals surface area contributed by atoms with Crippen LogP contribution in [0.5, 0.6) is 0 Å². The quantitative estimate of drug-likeness (QED) is 0.845. The molecule has 98 valence electrons. The Morgan fingerprint density at radius 3 is 2.53 bits per heavy atom. The van der Waals surface area contributed by atoms with E-state index in [2.05, 4.69) is 50.3 Å². The van der Waals surface area contributed by atoms with Gasteiger partial charge in [-0.3, -0.25) is 0 Å². The zero-order valence-electron chi connectivity index (χ0n) is 11.8. The van der Waals surface area contributed by atoms with Crippen LogP contribution in [0.1, 0.15) is 45.9 Å². The molecule has 1 heterocycles. The van der Waals surface area contributed by atoms with Gasteiger partial charge >= 0.3 is 0 Å². The molecule has 0 aliphatic carbocycles. The molecule has 1 rings (SSSR count). The summed E-state index contributed by atoms with van der Waals surface area (Å²) in [6.45, 7) is 8.93. The maximum Gasteiger partial charge on any atom is 0.185 e. The Hall–Kier alpha value is -0.610. The summed E-state index contributed by atoms with van der Waals surface area (Å²) in [6.07, 6.45) is 1.20. The standard InChI is InChI=1S/C13H25N3S/c1-9(2)7-10(3)16(6)13-15-12(8-17-13)11(4)14-5/h8-11,14H,7H2,1-6H3. The average molecular weight is 255 g/mol. The molecule has 1 aromatic heterocycles. The first-order valence-electron chi connectivity index (χ1n) is 6.31. The Bertz CT molecular complexity index is 335. The largest absolute Gasteiger partial charge is 0.348 e. The van der Waals surface area contributed by atoms with E-state index < -0.39 is 0 Å². The summed E-state index contributed by atoms with van der Waals surface area (Å²) in [6, 6.07) is 0.868. The Kier molecular flexibility index (Phi) is 5.40. The third-order valence-electron chi connectivity index (χ3n) is 3.16. The topological polar surface area (TPSA) is 28.2 Å². The molecule has 0 bridgehead atoms. The molecule has 0 spiro atoms. The van der Waals surface area contributed by atoms with E-state index in [0.717, 1.165) is 16.7 Å². The lowest BCUT2D eigenvalue weighted by molar-refractivity contribution is 0.503. The van der Waals surface area contributed by atoms with Crippen molar-refractivity contribution in [3.05, 3.63) is 11.1 Å². The molecule has 2 atom stereocenters. The van der Waals surface area contributed by atoms with Crippen LogP contribution in [0.25, 0.3) is 0 Å². The van der Waals surface area contributed by atoms with Crippen molar-refractivity contribution in [3.63, 3.8) is 0 Å². The molecule has 0 radical (unpaired) electrons. The Balaban J connectivity index is 2.69. The minimum Gasteiger partial charge on any atom is -0.348 e. The van der Waals surface area contributed by atoms with Gasteiger partial charge in [0.2, 0.25) is 0 Å². The molecule has 0 amide bonds. The molecule has 0 aromatic carbocycles. The summed E-state index contributed by atoms with van der Waals surface area (Å²) < 4.78 is 0. The van der Waals surface area contributed by atoms with E-state index in [1.807, 2.05) is 7.05 Å². The molecule has 2 unspecified atom stereocenters. The van der Waals surface area contributed by atoms with Crippen LogP contribution in [-0.4, -0.2) is 25.1 Å². The molecule has 1 N–H and O–H groups in total. The predicted octanol–water partition coefficient (Wildman–Crippen LogP) is 3.29. The lowest BCUT2D eigenvalue weighted by Gasteiger charge is -2.25. The average Bonchev–Trinajstić information content (AvgIpc) is 2.75. The number of aromatic nitrogens is 1. The molecule has 0 aliphatic rings. The van der Waals surface area contributed by atoms with Crippen molar-refractivity contribution in [3.8, 4) is 0 Å². The minimum absolute atomic E-state index is 0.328. The summed E-state index contributed by atoms with van der Waals surface area (Å²) in [7, 11) is 4.11. The SMILES string of the molecule is CNC(C)c1csc(N(C)C(C)CC(C)C)n1. The molecular formula is C13H25N3S. The Morgan fingerprint density at radius 1 is 1.35 bits per heavy atom. The van der Waals surface area contributed by atoms with E-state index in [4.69, 9.17) is 4.98 Å². The maximum absolute atomic E-state index is 4.69. The van der Waals surface area contributed by atoms with E-state index in [9.17, 15) is 0 Å². The van der Waals surface area contributed by atoms with Crippen molar-refractivity contribution in [2.24, 2.45) is 5.92 Å². The van der Waals surface area contributed by atoms with Crippen molar-refractivity contribution in [1.29, 1.82) is 0 Å². The fourth-order valence-corrected chi connectivity index (χ4v) is 2.80. The zero-order chi connectivity index (χ0) is 13.0. The van der Waals surface area contributed by atoms with Crippen LogP contribution in [0.2, 0.25) is 0 Å². The monoisotopic (exact) mass is 255 g/mol. The van der Waals surface area contributed by atoms with Crippen LogP contribution in [0.15, 0.2) is 5.38 Å². The molecule has 0 saturated heterocycles. The highest BCUT2D eigenvalue weighted by Crippen LogP contribution is 2.25. The van der Waals surface area contributed by atoms with Crippen molar-refractivity contribution >= 4 is 16.5 Å². The number of thiazole rings is 1. The zero-order valence-corrected chi connectivity index (χ0v) is 12.6. The Labute approximate surface area is 109 Å². The number of hydrogen-bond acceptors (Lipinski definition) is 4. The number of rotatable bonds is 6. The van der Waals surface area contributed by atoms with Crippen LogP contribution < -0.4 is 10.2 Å². The molecule has 0 aliphatic heterocycles. The van der Waals surface area contributed by atoms with Crippen LogP contribution in [0.4, 0.5) is 5.13 Å². The number of nitrogens with zero attached hydrogens (tertiary/aromatic N) is 2. The van der Waals surface area contributed by atoms with Gasteiger partial charge in [-0.1, -0.05) is 13.8 Å². The highest BCUT2D eigenvalue weighted by Gasteiger charge is 2.16. The van der Waals surface area contributed by atoms with Gasteiger partial charge in [-0.25, -0.2) is 4.98 Å². The first kappa shape index (κ1) is 14.5. The van der Waals surface area contributed by atoms with Crippen LogP contribution in [-0.2, 0) is 0 Å². The molecule has 3 nitrogen and oxygen atoms in total. The van der Waals surface area contributed by atoms with Gasteiger partial charge in [0.05, 0.1) is 5.69 Å². The van der Waals surface area contributed by atoms with Gasteiger partial charge in [0.15, 0.2) is 5.13 Å². The van der Waals surface area contributed by atoms with Gasteiger partial charge in [-0.2, -0.15) is 0 Å². The van der Waals surface area contributed by atoms with Gasteiger partial charge in [0.25, 0.3) is 0 Å². The molecule has 0 saturated carbocycles. The lowest BCUT2D eigenvalue weighted by atomic mass is 10.0. The molecule has 4 heteroatoms. The van der Waals surface area contributed by atoms with E-state index >= 15 is 0 Å². The highest BCUT2D eigenvalue weighted by atomic mass is 32.1. The maximum atomic E-state index is 4.69. The first-order chi connectivity index (χ1) is 7.95. The second-order valence-corrected chi connectivity index (χ2v) is 5.99. The van der Waals surface area contributed by atoms with E-state index in [1.165, 1.54) is 6.42 Å². The second kappa shape index (κ2) is 6.36. The van der Waals surface area contributed by atoms with Crippen molar-refractivity contribution in [2.75, 3.05) is 19.0 Å². The van der Waals surface area contributed by atoms with Crippen molar-refractivity contribution in [2.45, 2.75) is 46.2 Å². The van der Waals surface area contributed by atoms with Crippen molar-refractivity contribution < 1.29 is 0 Å². The number of hydrogen-bond donors (Lipinski definition) is 1.